The summed E-state index contributed by atoms with van der Waals surface area (Å²) in [5.74, 6) is -0.146. The number of nitrogens with zero attached hydrogens (tertiary/aromatic N) is 3. The first-order valence-electron chi connectivity index (χ1n) is 7.96. The second kappa shape index (κ2) is 10.5. The maximum Gasteiger partial charge on any atom is 0.239 e. The smallest absolute Gasteiger partial charge is 0.239 e. The molecule has 0 radical (unpaired) electrons. The molecule has 0 unspecified atom stereocenters. The molecular weight excluding hydrogens is 284 g/mol. The summed E-state index contributed by atoms with van der Waals surface area (Å²) >= 11 is 0. The van der Waals surface area contributed by atoms with Crippen LogP contribution in [0.25, 0.3) is 0 Å². The van der Waals surface area contributed by atoms with Crippen molar-refractivity contribution in [2.24, 2.45) is 0 Å². The van der Waals surface area contributed by atoms with E-state index in [0.29, 0.717) is 13.1 Å². The molecule has 1 saturated heterocycles. The lowest BCUT2D eigenvalue weighted by molar-refractivity contribution is -0.134. The van der Waals surface area contributed by atoms with Gasteiger partial charge in [-0.15, -0.1) is 0 Å². The van der Waals surface area contributed by atoms with Crippen molar-refractivity contribution in [1.82, 2.24) is 20.0 Å². The Kier molecular flexibility index (Phi) is 9.03. The van der Waals surface area contributed by atoms with Crippen LogP contribution in [0.2, 0.25) is 0 Å². The molecule has 0 aromatic carbocycles. The van der Waals surface area contributed by atoms with Gasteiger partial charge in [-0.2, -0.15) is 0 Å². The van der Waals surface area contributed by atoms with Crippen LogP contribution in [0.3, 0.4) is 0 Å². The second-order valence-electron chi connectivity index (χ2n) is 5.90. The molecule has 1 N–H and O–H groups in total. The van der Waals surface area contributed by atoms with Gasteiger partial charge < -0.3 is 19.9 Å². The highest BCUT2D eigenvalue weighted by Crippen LogP contribution is 1.98. The van der Waals surface area contributed by atoms with Crippen molar-refractivity contribution >= 4 is 11.8 Å². The second-order valence-corrected chi connectivity index (χ2v) is 5.90. The molecule has 0 aromatic heterocycles. The van der Waals surface area contributed by atoms with Crippen molar-refractivity contribution in [3.05, 3.63) is 0 Å². The molecule has 22 heavy (non-hydrogen) atoms. The van der Waals surface area contributed by atoms with Crippen LogP contribution in [0.15, 0.2) is 0 Å². The first kappa shape index (κ1) is 18.9. The topological polar surface area (TPSA) is 65.1 Å². The van der Waals surface area contributed by atoms with Crippen molar-refractivity contribution in [2.75, 3.05) is 73.1 Å². The number of hydrogen-bond acceptors (Lipinski definition) is 5. The van der Waals surface area contributed by atoms with Crippen molar-refractivity contribution in [3.8, 4) is 0 Å². The van der Waals surface area contributed by atoms with Crippen LogP contribution in [-0.4, -0.2) is 99.6 Å². The van der Waals surface area contributed by atoms with Gasteiger partial charge in [0, 0.05) is 39.6 Å². The molecule has 128 valence electrons. The number of amides is 2. The average Bonchev–Trinajstić information content (AvgIpc) is 2.48. The Labute approximate surface area is 133 Å². The molecule has 1 rings (SSSR count). The zero-order valence-electron chi connectivity index (χ0n) is 14.1. The fraction of sp³-hybridized carbons (Fsp3) is 0.867. The molecule has 0 aliphatic carbocycles. The van der Waals surface area contributed by atoms with E-state index in [1.54, 1.807) is 4.90 Å². The monoisotopic (exact) mass is 314 g/mol. The Morgan fingerprint density at radius 1 is 1.18 bits per heavy atom. The van der Waals surface area contributed by atoms with E-state index in [9.17, 15) is 9.59 Å². The summed E-state index contributed by atoms with van der Waals surface area (Å²) in [6.45, 7) is 7.88. The minimum atomic E-state index is -0.0871. The Morgan fingerprint density at radius 2 is 1.86 bits per heavy atom. The standard InChI is InChI=1S/C15H30N4O3/c1-14(20)19(8-7-18-9-11-22-12-10-18)13-15(21)16-5-4-6-17(2)3/h4-13H2,1-3H3,(H,16,21). The summed E-state index contributed by atoms with van der Waals surface area (Å²) in [5, 5.41) is 2.87. The third-order valence-corrected chi connectivity index (χ3v) is 3.67. The van der Waals surface area contributed by atoms with Crippen LogP contribution in [0.5, 0.6) is 0 Å². The van der Waals surface area contributed by atoms with E-state index in [2.05, 4.69) is 15.1 Å². The molecule has 0 spiro atoms. The minimum absolute atomic E-state index is 0.0586. The lowest BCUT2D eigenvalue weighted by atomic mass is 10.3. The lowest BCUT2D eigenvalue weighted by Crippen LogP contribution is -2.45. The maximum absolute atomic E-state index is 11.9. The van der Waals surface area contributed by atoms with Gasteiger partial charge in [-0.05, 0) is 27.1 Å². The summed E-state index contributed by atoms with van der Waals surface area (Å²) < 4.78 is 5.30. The van der Waals surface area contributed by atoms with Gasteiger partial charge in [-0.25, -0.2) is 0 Å². The van der Waals surface area contributed by atoms with Gasteiger partial charge in [-0.1, -0.05) is 0 Å². The number of carbonyl (C=O) groups is 2. The van der Waals surface area contributed by atoms with Gasteiger partial charge in [0.2, 0.25) is 11.8 Å². The lowest BCUT2D eigenvalue weighted by Gasteiger charge is -2.29. The predicted molar refractivity (Wildman–Crippen MR) is 85.7 cm³/mol. The number of carbonyl (C=O) groups excluding carboxylic acids is 2. The molecule has 1 aliphatic heterocycles. The number of rotatable bonds is 9. The maximum atomic E-state index is 11.9. The largest absolute Gasteiger partial charge is 0.379 e. The fourth-order valence-electron chi connectivity index (χ4n) is 2.29. The van der Waals surface area contributed by atoms with Crippen molar-refractivity contribution in [2.45, 2.75) is 13.3 Å². The van der Waals surface area contributed by atoms with Crippen LogP contribution >= 0.6 is 0 Å². The van der Waals surface area contributed by atoms with Gasteiger partial charge in [0.05, 0.1) is 19.8 Å². The van der Waals surface area contributed by atoms with Crippen molar-refractivity contribution in [1.29, 1.82) is 0 Å². The van der Waals surface area contributed by atoms with Gasteiger partial charge >= 0.3 is 0 Å². The van der Waals surface area contributed by atoms with Gasteiger partial charge in [-0.3, -0.25) is 14.5 Å². The summed E-state index contributed by atoms with van der Waals surface area (Å²) in [6, 6.07) is 0. The zero-order chi connectivity index (χ0) is 16.4. The number of hydrogen-bond donors (Lipinski definition) is 1. The first-order valence-corrected chi connectivity index (χ1v) is 7.96. The third kappa shape index (κ3) is 8.31. The Morgan fingerprint density at radius 3 is 2.45 bits per heavy atom. The summed E-state index contributed by atoms with van der Waals surface area (Å²) in [5.41, 5.74) is 0. The molecule has 0 bridgehead atoms. The summed E-state index contributed by atoms with van der Waals surface area (Å²) in [4.78, 5) is 29.5. The quantitative estimate of drug-likeness (QED) is 0.567. The highest BCUT2D eigenvalue weighted by molar-refractivity contribution is 5.83. The molecule has 7 nitrogen and oxygen atoms in total. The van der Waals surface area contributed by atoms with E-state index in [0.717, 1.165) is 45.8 Å². The molecule has 1 heterocycles. The molecule has 0 aromatic rings. The van der Waals surface area contributed by atoms with E-state index in [1.165, 1.54) is 6.92 Å². The number of ether oxygens (including phenoxy) is 1. The SMILES string of the molecule is CC(=O)N(CCN1CCOCC1)CC(=O)NCCCN(C)C. The average molecular weight is 314 g/mol. The van der Waals surface area contributed by atoms with Gasteiger partial charge in [0.1, 0.15) is 0 Å². The van der Waals surface area contributed by atoms with E-state index < -0.39 is 0 Å². The Balaban J connectivity index is 2.24. The number of nitrogens with one attached hydrogen (secondary N) is 1. The Bertz CT molecular complexity index is 344. The van der Waals surface area contributed by atoms with Crippen LogP contribution in [0, 0.1) is 0 Å². The van der Waals surface area contributed by atoms with Crippen LogP contribution in [0.1, 0.15) is 13.3 Å². The molecule has 1 fully saturated rings. The van der Waals surface area contributed by atoms with Crippen molar-refractivity contribution < 1.29 is 14.3 Å². The normalized spacial score (nSPS) is 15.8. The van der Waals surface area contributed by atoms with Crippen molar-refractivity contribution in [3.63, 3.8) is 0 Å². The minimum Gasteiger partial charge on any atom is -0.379 e. The first-order chi connectivity index (χ1) is 10.5. The molecule has 0 saturated carbocycles. The highest BCUT2D eigenvalue weighted by atomic mass is 16.5. The molecule has 2 amide bonds. The molecule has 7 heteroatoms. The summed E-state index contributed by atoms with van der Waals surface area (Å²) in [7, 11) is 4.01. The van der Waals surface area contributed by atoms with Crippen LogP contribution < -0.4 is 5.32 Å². The molecular formula is C15H30N4O3. The predicted octanol–water partition coefficient (Wildman–Crippen LogP) is -0.765. The zero-order valence-corrected chi connectivity index (χ0v) is 14.1. The van der Waals surface area contributed by atoms with Crippen LogP contribution in [-0.2, 0) is 14.3 Å². The number of morpholine rings is 1. The van der Waals surface area contributed by atoms with E-state index in [1.807, 2.05) is 14.1 Å². The van der Waals surface area contributed by atoms with Gasteiger partial charge in [0.25, 0.3) is 0 Å². The fourth-order valence-corrected chi connectivity index (χ4v) is 2.29. The van der Waals surface area contributed by atoms with E-state index in [4.69, 9.17) is 4.74 Å². The van der Waals surface area contributed by atoms with E-state index in [-0.39, 0.29) is 18.4 Å². The van der Waals surface area contributed by atoms with Crippen LogP contribution in [0.4, 0.5) is 0 Å². The third-order valence-electron chi connectivity index (χ3n) is 3.67. The Hall–Kier alpha value is -1.18. The molecule has 1 aliphatic rings. The molecule has 0 atom stereocenters. The summed E-state index contributed by atoms with van der Waals surface area (Å²) in [6.07, 6.45) is 0.909. The van der Waals surface area contributed by atoms with E-state index >= 15 is 0 Å². The van der Waals surface area contributed by atoms with Gasteiger partial charge in [0.15, 0.2) is 0 Å². The highest BCUT2D eigenvalue weighted by Gasteiger charge is 2.16.